The number of hydrogen-bond donors (Lipinski definition) is 2. The van der Waals surface area contributed by atoms with Gasteiger partial charge in [0.1, 0.15) is 0 Å². The number of nitrogens with one attached hydrogen (secondary N) is 1. The lowest BCUT2D eigenvalue weighted by Crippen LogP contribution is -2.47. The summed E-state index contributed by atoms with van der Waals surface area (Å²) in [6, 6.07) is 0. The van der Waals surface area contributed by atoms with Gasteiger partial charge in [0.15, 0.2) is 0 Å². The zero-order chi connectivity index (χ0) is 12.4. The van der Waals surface area contributed by atoms with E-state index in [1.807, 2.05) is 11.8 Å². The van der Waals surface area contributed by atoms with E-state index in [1.165, 1.54) is 0 Å². The second-order valence-electron chi connectivity index (χ2n) is 4.52. The van der Waals surface area contributed by atoms with Crippen LogP contribution in [-0.2, 0) is 4.74 Å². The first-order chi connectivity index (χ1) is 7.58. The Hall–Kier alpha value is 0.230. The standard InChI is InChI=1S/C12H27NO2S/c1-5-6-13-12(3,10-14)9-11(2)16-8-7-15-4/h11,13-14H,5-10H2,1-4H3. The number of hydrogen-bond acceptors (Lipinski definition) is 4. The summed E-state index contributed by atoms with van der Waals surface area (Å²) in [4.78, 5) is 0. The van der Waals surface area contributed by atoms with E-state index in [0.717, 1.165) is 31.7 Å². The van der Waals surface area contributed by atoms with Crippen LogP contribution in [0.15, 0.2) is 0 Å². The molecule has 0 aromatic heterocycles. The number of rotatable bonds is 10. The Bertz CT molecular complexity index is 169. The molecule has 0 fully saturated rings. The summed E-state index contributed by atoms with van der Waals surface area (Å²) in [6.07, 6.45) is 2.08. The predicted octanol–water partition coefficient (Wildman–Crippen LogP) is 1.90. The molecule has 0 heterocycles. The third-order valence-electron chi connectivity index (χ3n) is 2.58. The molecule has 0 aliphatic carbocycles. The van der Waals surface area contributed by atoms with Crippen LogP contribution >= 0.6 is 11.8 Å². The van der Waals surface area contributed by atoms with Gasteiger partial charge >= 0.3 is 0 Å². The van der Waals surface area contributed by atoms with Crippen molar-refractivity contribution >= 4 is 11.8 Å². The molecule has 16 heavy (non-hydrogen) atoms. The van der Waals surface area contributed by atoms with Gasteiger partial charge in [-0.2, -0.15) is 11.8 Å². The van der Waals surface area contributed by atoms with Crippen LogP contribution in [0.1, 0.15) is 33.6 Å². The van der Waals surface area contributed by atoms with Gasteiger partial charge in [0.25, 0.3) is 0 Å². The highest BCUT2D eigenvalue weighted by Crippen LogP contribution is 2.21. The molecule has 0 saturated heterocycles. The van der Waals surface area contributed by atoms with Crippen molar-refractivity contribution < 1.29 is 9.84 Å². The Morgan fingerprint density at radius 2 is 2.19 bits per heavy atom. The summed E-state index contributed by atoms with van der Waals surface area (Å²) in [5.41, 5.74) is -0.143. The Kier molecular flexibility index (Phi) is 9.41. The second-order valence-corrected chi connectivity index (χ2v) is 6.07. The van der Waals surface area contributed by atoms with Crippen LogP contribution in [0.5, 0.6) is 0 Å². The SMILES string of the molecule is CCCNC(C)(CO)CC(C)SCCOC. The van der Waals surface area contributed by atoms with Crippen LogP contribution in [0.4, 0.5) is 0 Å². The van der Waals surface area contributed by atoms with E-state index in [1.54, 1.807) is 7.11 Å². The summed E-state index contributed by atoms with van der Waals surface area (Å²) in [6.45, 7) is 8.40. The molecule has 2 unspecified atom stereocenters. The van der Waals surface area contributed by atoms with Crippen LogP contribution in [0.2, 0.25) is 0 Å². The fraction of sp³-hybridized carbons (Fsp3) is 1.00. The van der Waals surface area contributed by atoms with E-state index in [-0.39, 0.29) is 12.1 Å². The fourth-order valence-electron chi connectivity index (χ4n) is 1.65. The number of ether oxygens (including phenoxy) is 1. The van der Waals surface area contributed by atoms with E-state index in [0.29, 0.717) is 5.25 Å². The normalized spacial score (nSPS) is 17.1. The number of aliphatic hydroxyl groups is 1. The Morgan fingerprint density at radius 3 is 2.69 bits per heavy atom. The molecular formula is C12H27NO2S. The van der Waals surface area contributed by atoms with E-state index in [4.69, 9.17) is 4.74 Å². The first-order valence-corrected chi connectivity index (χ1v) is 7.09. The number of methoxy groups -OCH3 is 1. The summed E-state index contributed by atoms with van der Waals surface area (Å²) in [7, 11) is 1.73. The lowest BCUT2D eigenvalue weighted by molar-refractivity contribution is 0.166. The van der Waals surface area contributed by atoms with E-state index in [9.17, 15) is 5.11 Å². The molecule has 0 saturated carbocycles. The number of thioether (sulfide) groups is 1. The maximum Gasteiger partial charge on any atom is 0.0611 e. The predicted molar refractivity (Wildman–Crippen MR) is 72.2 cm³/mol. The van der Waals surface area contributed by atoms with Crippen LogP contribution in [0.3, 0.4) is 0 Å². The highest BCUT2D eigenvalue weighted by Gasteiger charge is 2.24. The molecule has 0 spiro atoms. The third kappa shape index (κ3) is 7.49. The third-order valence-corrected chi connectivity index (χ3v) is 3.72. The minimum atomic E-state index is -0.143. The Morgan fingerprint density at radius 1 is 1.50 bits per heavy atom. The molecule has 3 nitrogen and oxygen atoms in total. The van der Waals surface area contributed by atoms with Gasteiger partial charge in [-0.15, -0.1) is 0 Å². The summed E-state index contributed by atoms with van der Waals surface area (Å²) >= 11 is 1.90. The van der Waals surface area contributed by atoms with Gasteiger partial charge < -0.3 is 15.2 Å². The van der Waals surface area contributed by atoms with Gasteiger partial charge in [0.05, 0.1) is 13.2 Å². The largest absolute Gasteiger partial charge is 0.394 e. The van der Waals surface area contributed by atoms with Crippen molar-refractivity contribution in [1.29, 1.82) is 0 Å². The van der Waals surface area contributed by atoms with Gasteiger partial charge in [-0.05, 0) is 26.3 Å². The number of aliphatic hydroxyl groups excluding tert-OH is 1. The molecule has 2 N–H and O–H groups in total. The molecular weight excluding hydrogens is 222 g/mol. The lowest BCUT2D eigenvalue weighted by Gasteiger charge is -2.31. The fourth-order valence-corrected chi connectivity index (χ4v) is 2.80. The quantitative estimate of drug-likeness (QED) is 0.580. The van der Waals surface area contributed by atoms with Crippen molar-refractivity contribution in [2.24, 2.45) is 0 Å². The topological polar surface area (TPSA) is 41.5 Å². The zero-order valence-electron chi connectivity index (χ0n) is 11.1. The average Bonchev–Trinajstić information content (AvgIpc) is 2.27. The van der Waals surface area contributed by atoms with Crippen LogP contribution < -0.4 is 5.32 Å². The second kappa shape index (κ2) is 9.28. The molecule has 2 atom stereocenters. The van der Waals surface area contributed by atoms with E-state index >= 15 is 0 Å². The van der Waals surface area contributed by atoms with Crippen LogP contribution in [0, 0.1) is 0 Å². The highest BCUT2D eigenvalue weighted by molar-refractivity contribution is 7.99. The molecule has 0 aliphatic heterocycles. The first kappa shape index (κ1) is 16.2. The van der Waals surface area contributed by atoms with Crippen LogP contribution in [0.25, 0.3) is 0 Å². The van der Waals surface area contributed by atoms with Crippen LogP contribution in [-0.4, -0.2) is 48.5 Å². The van der Waals surface area contributed by atoms with Crippen molar-refractivity contribution in [3.63, 3.8) is 0 Å². The molecule has 0 aliphatic rings. The highest BCUT2D eigenvalue weighted by atomic mass is 32.2. The summed E-state index contributed by atoms with van der Waals surface area (Å²) < 4.78 is 5.03. The Balaban J connectivity index is 3.89. The molecule has 0 radical (unpaired) electrons. The molecule has 98 valence electrons. The minimum absolute atomic E-state index is 0.143. The average molecular weight is 249 g/mol. The molecule has 0 aromatic carbocycles. The molecule has 0 rings (SSSR count). The zero-order valence-corrected chi connectivity index (χ0v) is 11.9. The molecule has 0 aromatic rings. The lowest BCUT2D eigenvalue weighted by atomic mass is 9.97. The van der Waals surface area contributed by atoms with Gasteiger partial charge in [-0.25, -0.2) is 0 Å². The maximum absolute atomic E-state index is 9.44. The molecule has 0 amide bonds. The maximum atomic E-state index is 9.44. The smallest absolute Gasteiger partial charge is 0.0611 e. The van der Waals surface area contributed by atoms with Crippen molar-refractivity contribution in [2.45, 2.75) is 44.4 Å². The van der Waals surface area contributed by atoms with Gasteiger partial charge in [-0.3, -0.25) is 0 Å². The van der Waals surface area contributed by atoms with Crippen molar-refractivity contribution in [1.82, 2.24) is 5.32 Å². The monoisotopic (exact) mass is 249 g/mol. The molecule has 4 heteroatoms. The first-order valence-electron chi connectivity index (χ1n) is 6.04. The van der Waals surface area contributed by atoms with E-state index in [2.05, 4.69) is 26.1 Å². The Labute approximate surface area is 104 Å². The van der Waals surface area contributed by atoms with Crippen molar-refractivity contribution in [3.8, 4) is 0 Å². The van der Waals surface area contributed by atoms with Gasteiger partial charge in [0.2, 0.25) is 0 Å². The minimum Gasteiger partial charge on any atom is -0.394 e. The van der Waals surface area contributed by atoms with E-state index < -0.39 is 0 Å². The van der Waals surface area contributed by atoms with Crippen molar-refractivity contribution in [3.05, 3.63) is 0 Å². The van der Waals surface area contributed by atoms with Crippen molar-refractivity contribution in [2.75, 3.05) is 32.6 Å². The van der Waals surface area contributed by atoms with Gasteiger partial charge in [-0.1, -0.05) is 13.8 Å². The van der Waals surface area contributed by atoms with Gasteiger partial charge in [0, 0.05) is 23.7 Å². The summed E-state index contributed by atoms with van der Waals surface area (Å²) in [5, 5.41) is 13.4. The summed E-state index contributed by atoms with van der Waals surface area (Å²) in [5.74, 6) is 1.02. The molecule has 0 bridgehead atoms.